The third kappa shape index (κ3) is 4.41. The second-order valence-electron chi connectivity index (χ2n) is 5.33. The predicted octanol–water partition coefficient (Wildman–Crippen LogP) is 3.62. The van der Waals surface area contributed by atoms with Crippen LogP contribution in [0.1, 0.15) is 11.1 Å². The van der Waals surface area contributed by atoms with Crippen LogP contribution < -0.4 is 10.6 Å². The molecule has 2 aromatic heterocycles. The quantitative estimate of drug-likeness (QED) is 0.743. The van der Waals surface area contributed by atoms with Gasteiger partial charge in [-0.2, -0.15) is 0 Å². The summed E-state index contributed by atoms with van der Waals surface area (Å²) >= 11 is 0. The SMILES string of the molecule is O=C(NCc1cncc(-c2ccco2)c1)NCc1ccc(F)cc1F. The summed E-state index contributed by atoms with van der Waals surface area (Å²) in [6.45, 7) is 0.210. The fourth-order valence-electron chi connectivity index (χ4n) is 2.25. The van der Waals surface area contributed by atoms with E-state index in [1.54, 1.807) is 24.7 Å². The summed E-state index contributed by atoms with van der Waals surface area (Å²) < 4.78 is 31.6. The fraction of sp³-hybridized carbons (Fsp3) is 0.111. The minimum Gasteiger partial charge on any atom is -0.464 e. The standard InChI is InChI=1S/C18H15F2N3O2/c19-15-4-3-13(16(20)7-15)11-23-18(24)22-9-12-6-14(10-21-8-12)17-2-1-5-25-17/h1-8,10H,9,11H2,(H2,22,23,24). The van der Waals surface area contributed by atoms with Gasteiger partial charge >= 0.3 is 6.03 Å². The van der Waals surface area contributed by atoms with Crippen LogP contribution in [0.4, 0.5) is 13.6 Å². The highest BCUT2D eigenvalue weighted by molar-refractivity contribution is 5.73. The van der Waals surface area contributed by atoms with Gasteiger partial charge in [0.2, 0.25) is 0 Å². The van der Waals surface area contributed by atoms with Crippen molar-refractivity contribution in [1.82, 2.24) is 15.6 Å². The Morgan fingerprint density at radius 3 is 2.68 bits per heavy atom. The van der Waals surface area contributed by atoms with Gasteiger partial charge in [-0.05, 0) is 29.8 Å². The summed E-state index contributed by atoms with van der Waals surface area (Å²) in [5.74, 6) is -0.670. The minimum atomic E-state index is -0.698. The van der Waals surface area contributed by atoms with Crippen LogP contribution in [0.15, 0.2) is 59.5 Å². The van der Waals surface area contributed by atoms with E-state index < -0.39 is 17.7 Å². The van der Waals surface area contributed by atoms with Crippen molar-refractivity contribution >= 4 is 6.03 Å². The lowest BCUT2D eigenvalue weighted by Crippen LogP contribution is -2.34. The van der Waals surface area contributed by atoms with Gasteiger partial charge in [-0.25, -0.2) is 13.6 Å². The van der Waals surface area contributed by atoms with E-state index in [9.17, 15) is 13.6 Å². The Kier molecular flexibility index (Phi) is 5.03. The number of rotatable bonds is 5. The van der Waals surface area contributed by atoms with Crippen molar-refractivity contribution in [1.29, 1.82) is 0 Å². The molecular formula is C18H15F2N3O2. The van der Waals surface area contributed by atoms with E-state index in [0.29, 0.717) is 5.76 Å². The van der Waals surface area contributed by atoms with Crippen LogP contribution in [0.5, 0.6) is 0 Å². The average molecular weight is 343 g/mol. The lowest BCUT2D eigenvalue weighted by molar-refractivity contribution is 0.240. The van der Waals surface area contributed by atoms with Crippen LogP contribution in [0.25, 0.3) is 11.3 Å². The number of aromatic nitrogens is 1. The molecule has 0 atom stereocenters. The molecule has 25 heavy (non-hydrogen) atoms. The second-order valence-corrected chi connectivity index (χ2v) is 5.33. The van der Waals surface area contributed by atoms with E-state index in [-0.39, 0.29) is 18.7 Å². The Balaban J connectivity index is 1.53. The van der Waals surface area contributed by atoms with Crippen molar-refractivity contribution in [3.63, 3.8) is 0 Å². The Morgan fingerprint density at radius 2 is 1.92 bits per heavy atom. The molecule has 0 spiro atoms. The zero-order valence-corrected chi connectivity index (χ0v) is 13.1. The van der Waals surface area contributed by atoms with Gasteiger partial charge in [0.1, 0.15) is 17.4 Å². The van der Waals surface area contributed by atoms with Gasteiger partial charge in [0, 0.05) is 42.7 Å². The zero-order valence-electron chi connectivity index (χ0n) is 13.1. The molecule has 0 radical (unpaired) electrons. The van der Waals surface area contributed by atoms with Gasteiger partial charge in [-0.1, -0.05) is 6.07 Å². The van der Waals surface area contributed by atoms with Gasteiger partial charge in [0.25, 0.3) is 0 Å². The number of nitrogens with zero attached hydrogens (tertiary/aromatic N) is 1. The Morgan fingerprint density at radius 1 is 1.08 bits per heavy atom. The maximum Gasteiger partial charge on any atom is 0.315 e. The molecule has 0 unspecified atom stereocenters. The molecule has 0 aliphatic heterocycles. The van der Waals surface area contributed by atoms with E-state index in [2.05, 4.69) is 15.6 Å². The monoisotopic (exact) mass is 343 g/mol. The van der Waals surface area contributed by atoms with Crippen LogP contribution in [0.2, 0.25) is 0 Å². The molecule has 1 aromatic carbocycles. The first-order chi connectivity index (χ1) is 12.1. The molecular weight excluding hydrogens is 328 g/mol. The highest BCUT2D eigenvalue weighted by Gasteiger charge is 2.07. The molecule has 3 aromatic rings. The van der Waals surface area contributed by atoms with Gasteiger partial charge in [0.05, 0.1) is 6.26 Å². The highest BCUT2D eigenvalue weighted by Crippen LogP contribution is 2.19. The summed E-state index contributed by atoms with van der Waals surface area (Å²) in [6.07, 6.45) is 4.87. The van der Waals surface area contributed by atoms with Gasteiger partial charge in [0.15, 0.2) is 0 Å². The molecule has 2 N–H and O–H groups in total. The molecule has 7 heteroatoms. The topological polar surface area (TPSA) is 67.2 Å². The molecule has 5 nitrogen and oxygen atoms in total. The first-order valence-electron chi connectivity index (χ1n) is 7.55. The molecule has 128 valence electrons. The number of hydrogen-bond donors (Lipinski definition) is 2. The molecule has 0 fully saturated rings. The fourth-order valence-corrected chi connectivity index (χ4v) is 2.25. The first-order valence-corrected chi connectivity index (χ1v) is 7.55. The molecule has 0 saturated carbocycles. The van der Waals surface area contributed by atoms with Crippen molar-refractivity contribution in [3.8, 4) is 11.3 Å². The summed E-state index contributed by atoms with van der Waals surface area (Å²) in [5, 5.41) is 5.18. The molecule has 0 bridgehead atoms. The third-order valence-corrected chi connectivity index (χ3v) is 3.51. The summed E-state index contributed by atoms with van der Waals surface area (Å²) in [5.41, 5.74) is 1.80. The van der Waals surface area contributed by atoms with E-state index in [1.165, 1.54) is 6.07 Å². The molecule has 0 saturated heterocycles. The summed E-state index contributed by atoms with van der Waals surface area (Å²) in [7, 11) is 0. The number of carbonyl (C=O) groups excluding carboxylic acids is 1. The number of benzene rings is 1. The lowest BCUT2D eigenvalue weighted by Gasteiger charge is -2.09. The Labute approximate surface area is 142 Å². The van der Waals surface area contributed by atoms with E-state index >= 15 is 0 Å². The molecule has 2 amide bonds. The summed E-state index contributed by atoms with van der Waals surface area (Å²) in [4.78, 5) is 15.9. The average Bonchev–Trinajstić information content (AvgIpc) is 3.14. The number of furan rings is 1. The van der Waals surface area contributed by atoms with Crippen LogP contribution in [-0.4, -0.2) is 11.0 Å². The molecule has 3 rings (SSSR count). The Hall–Kier alpha value is -3.22. The molecule has 0 aliphatic rings. The van der Waals surface area contributed by atoms with E-state index in [1.807, 2.05) is 12.1 Å². The smallest absolute Gasteiger partial charge is 0.315 e. The normalized spacial score (nSPS) is 10.5. The number of hydrogen-bond acceptors (Lipinski definition) is 3. The van der Waals surface area contributed by atoms with Gasteiger partial charge < -0.3 is 15.1 Å². The predicted molar refractivity (Wildman–Crippen MR) is 87.4 cm³/mol. The first kappa shape index (κ1) is 16.6. The van der Waals surface area contributed by atoms with Crippen molar-refractivity contribution in [2.45, 2.75) is 13.1 Å². The number of urea groups is 1. The van der Waals surface area contributed by atoms with Crippen LogP contribution in [0.3, 0.4) is 0 Å². The third-order valence-electron chi connectivity index (χ3n) is 3.51. The lowest BCUT2D eigenvalue weighted by atomic mass is 10.1. The van der Waals surface area contributed by atoms with Gasteiger partial charge in [-0.15, -0.1) is 0 Å². The Bertz CT molecular complexity index is 867. The van der Waals surface area contributed by atoms with Crippen molar-refractivity contribution in [3.05, 3.63) is 77.8 Å². The minimum absolute atomic E-state index is 0.0391. The van der Waals surface area contributed by atoms with Crippen LogP contribution in [0, 0.1) is 11.6 Å². The second kappa shape index (κ2) is 7.57. The summed E-state index contributed by atoms with van der Waals surface area (Å²) in [6, 6.07) is 8.20. The number of pyridine rings is 1. The number of nitrogens with one attached hydrogen (secondary N) is 2. The highest BCUT2D eigenvalue weighted by atomic mass is 19.1. The van der Waals surface area contributed by atoms with Crippen LogP contribution >= 0.6 is 0 Å². The van der Waals surface area contributed by atoms with Crippen molar-refractivity contribution < 1.29 is 18.0 Å². The largest absolute Gasteiger partial charge is 0.464 e. The van der Waals surface area contributed by atoms with E-state index in [0.717, 1.165) is 23.3 Å². The molecule has 2 heterocycles. The number of amides is 2. The van der Waals surface area contributed by atoms with Crippen LogP contribution in [-0.2, 0) is 13.1 Å². The van der Waals surface area contributed by atoms with Gasteiger partial charge in [-0.3, -0.25) is 4.98 Å². The number of carbonyl (C=O) groups is 1. The van der Waals surface area contributed by atoms with E-state index in [4.69, 9.17) is 4.42 Å². The maximum absolute atomic E-state index is 13.5. The molecule has 0 aliphatic carbocycles. The van der Waals surface area contributed by atoms with Crippen molar-refractivity contribution in [2.24, 2.45) is 0 Å². The van der Waals surface area contributed by atoms with Crippen molar-refractivity contribution in [2.75, 3.05) is 0 Å². The number of halogens is 2. The zero-order chi connectivity index (χ0) is 17.6. The maximum atomic E-state index is 13.5.